The average Bonchev–Trinajstić information content (AvgIpc) is 2.29. The minimum Gasteiger partial charge on any atom is -0.316 e. The topological polar surface area (TPSA) is 12.0 Å². The van der Waals surface area contributed by atoms with Crippen LogP contribution < -0.4 is 5.32 Å². The fraction of sp³-hybridized carbons (Fsp3) is 1.00. The molecule has 1 aliphatic rings. The van der Waals surface area contributed by atoms with Gasteiger partial charge in [0, 0.05) is 12.3 Å². The van der Waals surface area contributed by atoms with Gasteiger partial charge in [-0.05, 0) is 24.8 Å². The molecule has 0 unspecified atom stereocenters. The Labute approximate surface area is 101 Å². The molecule has 1 N–H and O–H groups in total. The molecular weight excluding hydrogens is 202 g/mol. The van der Waals surface area contributed by atoms with Gasteiger partial charge in [0.05, 0.1) is 0 Å². The zero-order chi connectivity index (χ0) is 10.9. The fourth-order valence-electron chi connectivity index (χ4n) is 2.85. The Morgan fingerprint density at radius 3 is 2.60 bits per heavy atom. The number of nitrogens with one attached hydrogen (secondary N) is 1. The Hall–Kier alpha value is 0.310. The maximum atomic E-state index is 4.24. The normalized spacial score (nSPS) is 20.4. The van der Waals surface area contributed by atoms with Crippen LogP contribution in [0.15, 0.2) is 0 Å². The molecule has 0 saturated heterocycles. The third-order valence-electron chi connectivity index (χ3n) is 3.67. The molecule has 0 aromatic heterocycles. The molecule has 90 valence electrons. The summed E-state index contributed by atoms with van der Waals surface area (Å²) in [6, 6.07) is 0. The molecule has 0 bridgehead atoms. The Balaban J connectivity index is 2.26. The summed E-state index contributed by atoms with van der Waals surface area (Å²) in [4.78, 5) is 0. The minimum atomic E-state index is 0.926. The van der Waals surface area contributed by atoms with Gasteiger partial charge >= 0.3 is 0 Å². The molecule has 1 saturated carbocycles. The highest BCUT2D eigenvalue weighted by molar-refractivity contribution is 7.80. The Bertz CT molecular complexity index is 143. The first-order valence-electron chi connectivity index (χ1n) is 6.70. The Morgan fingerprint density at radius 2 is 2.00 bits per heavy atom. The van der Waals surface area contributed by atoms with Gasteiger partial charge in [-0.1, -0.05) is 45.4 Å². The number of thiol groups is 1. The van der Waals surface area contributed by atoms with Crippen molar-refractivity contribution in [2.45, 2.75) is 51.9 Å². The molecule has 0 amide bonds. The van der Waals surface area contributed by atoms with Gasteiger partial charge in [0.15, 0.2) is 0 Å². The van der Waals surface area contributed by atoms with E-state index in [-0.39, 0.29) is 0 Å². The predicted molar refractivity (Wildman–Crippen MR) is 71.7 cm³/mol. The van der Waals surface area contributed by atoms with Crippen LogP contribution in [0.5, 0.6) is 0 Å². The molecule has 0 aromatic carbocycles. The summed E-state index contributed by atoms with van der Waals surface area (Å²) in [5.41, 5.74) is 0. The lowest BCUT2D eigenvalue weighted by atomic mass is 9.78. The number of hydrogen-bond donors (Lipinski definition) is 2. The maximum Gasteiger partial charge on any atom is 0.00398 e. The zero-order valence-corrected chi connectivity index (χ0v) is 11.1. The van der Waals surface area contributed by atoms with Crippen molar-refractivity contribution in [2.75, 3.05) is 18.8 Å². The van der Waals surface area contributed by atoms with Crippen molar-refractivity contribution in [3.05, 3.63) is 0 Å². The lowest BCUT2D eigenvalue weighted by Crippen LogP contribution is -2.30. The minimum absolute atomic E-state index is 0.926. The highest BCUT2D eigenvalue weighted by atomic mass is 32.1. The molecule has 1 fully saturated rings. The quantitative estimate of drug-likeness (QED) is 0.503. The monoisotopic (exact) mass is 229 g/mol. The Kier molecular flexibility index (Phi) is 7.54. The molecule has 0 spiro atoms. The molecule has 0 aromatic rings. The van der Waals surface area contributed by atoms with Gasteiger partial charge in [0.25, 0.3) is 0 Å². The van der Waals surface area contributed by atoms with Gasteiger partial charge in [-0.25, -0.2) is 0 Å². The van der Waals surface area contributed by atoms with Crippen molar-refractivity contribution in [3.63, 3.8) is 0 Å². The maximum absolute atomic E-state index is 4.24. The summed E-state index contributed by atoms with van der Waals surface area (Å²) in [5.74, 6) is 2.89. The summed E-state index contributed by atoms with van der Waals surface area (Å²) >= 11 is 4.24. The molecule has 15 heavy (non-hydrogen) atoms. The third-order valence-corrected chi connectivity index (χ3v) is 3.89. The van der Waals surface area contributed by atoms with Crippen LogP contribution in [0.2, 0.25) is 0 Å². The van der Waals surface area contributed by atoms with Crippen LogP contribution in [0.3, 0.4) is 0 Å². The molecule has 2 heteroatoms. The zero-order valence-electron chi connectivity index (χ0n) is 10.2. The summed E-state index contributed by atoms with van der Waals surface area (Å²) in [5, 5.41) is 3.54. The van der Waals surface area contributed by atoms with E-state index in [1.54, 1.807) is 0 Å². The van der Waals surface area contributed by atoms with Crippen LogP contribution in [-0.2, 0) is 0 Å². The highest BCUT2D eigenvalue weighted by Crippen LogP contribution is 2.31. The van der Waals surface area contributed by atoms with E-state index in [9.17, 15) is 0 Å². The molecular formula is C13H27NS. The first kappa shape index (κ1) is 13.4. The van der Waals surface area contributed by atoms with Crippen LogP contribution in [0, 0.1) is 11.8 Å². The van der Waals surface area contributed by atoms with E-state index in [0.717, 1.165) is 24.1 Å². The van der Waals surface area contributed by atoms with Crippen LogP contribution in [0.1, 0.15) is 51.9 Å². The summed E-state index contributed by atoms with van der Waals surface area (Å²) in [6.45, 7) is 4.60. The molecule has 0 radical (unpaired) electrons. The molecule has 1 aliphatic carbocycles. The second kappa shape index (κ2) is 8.46. The van der Waals surface area contributed by atoms with Gasteiger partial charge in [0.1, 0.15) is 0 Å². The van der Waals surface area contributed by atoms with E-state index in [4.69, 9.17) is 0 Å². The summed E-state index contributed by atoms with van der Waals surface area (Å²) < 4.78 is 0. The van der Waals surface area contributed by atoms with Gasteiger partial charge in [-0.3, -0.25) is 0 Å². The standard InChI is InChI=1S/C13H27NS/c1-2-6-13(11-14-9-10-15)12-7-4-3-5-8-12/h12-15H,2-11H2,1H3/t13-/m1/s1. The molecule has 0 aliphatic heterocycles. The second-order valence-corrected chi connectivity index (χ2v) is 5.32. The third kappa shape index (κ3) is 5.26. The largest absolute Gasteiger partial charge is 0.316 e. The lowest BCUT2D eigenvalue weighted by molar-refractivity contribution is 0.229. The van der Waals surface area contributed by atoms with E-state index < -0.39 is 0 Å². The number of rotatable bonds is 7. The van der Waals surface area contributed by atoms with Gasteiger partial charge in [-0.15, -0.1) is 0 Å². The number of hydrogen-bond acceptors (Lipinski definition) is 2. The van der Waals surface area contributed by atoms with Crippen molar-refractivity contribution in [1.29, 1.82) is 0 Å². The molecule has 1 rings (SSSR count). The Morgan fingerprint density at radius 1 is 1.27 bits per heavy atom. The second-order valence-electron chi connectivity index (χ2n) is 4.87. The van der Waals surface area contributed by atoms with Gasteiger partial charge in [0.2, 0.25) is 0 Å². The SMILES string of the molecule is CCC[C@H](CNCCS)C1CCCCC1. The van der Waals surface area contributed by atoms with Crippen LogP contribution in [0.4, 0.5) is 0 Å². The van der Waals surface area contributed by atoms with Crippen LogP contribution in [-0.4, -0.2) is 18.8 Å². The van der Waals surface area contributed by atoms with E-state index in [1.165, 1.54) is 51.5 Å². The van der Waals surface area contributed by atoms with Crippen molar-refractivity contribution in [3.8, 4) is 0 Å². The van der Waals surface area contributed by atoms with Crippen molar-refractivity contribution in [1.82, 2.24) is 5.32 Å². The fourth-order valence-corrected chi connectivity index (χ4v) is 3.01. The summed E-state index contributed by atoms with van der Waals surface area (Å²) in [6.07, 6.45) is 10.1. The molecule has 0 heterocycles. The lowest BCUT2D eigenvalue weighted by Gasteiger charge is -2.30. The molecule has 1 nitrogen and oxygen atoms in total. The van der Waals surface area contributed by atoms with Crippen molar-refractivity contribution >= 4 is 12.6 Å². The first-order chi connectivity index (χ1) is 7.38. The highest BCUT2D eigenvalue weighted by Gasteiger charge is 2.22. The first-order valence-corrected chi connectivity index (χ1v) is 7.33. The van der Waals surface area contributed by atoms with Crippen LogP contribution in [0.25, 0.3) is 0 Å². The van der Waals surface area contributed by atoms with Gasteiger partial charge in [-0.2, -0.15) is 12.6 Å². The van der Waals surface area contributed by atoms with E-state index in [0.29, 0.717) is 0 Å². The van der Waals surface area contributed by atoms with E-state index in [2.05, 4.69) is 24.9 Å². The average molecular weight is 229 g/mol. The van der Waals surface area contributed by atoms with E-state index in [1.807, 2.05) is 0 Å². The van der Waals surface area contributed by atoms with E-state index >= 15 is 0 Å². The van der Waals surface area contributed by atoms with Crippen LogP contribution >= 0.6 is 12.6 Å². The summed E-state index contributed by atoms with van der Waals surface area (Å²) in [7, 11) is 0. The molecule has 1 atom stereocenters. The van der Waals surface area contributed by atoms with Crippen molar-refractivity contribution < 1.29 is 0 Å². The smallest absolute Gasteiger partial charge is 0.00398 e. The predicted octanol–water partition coefficient (Wildman–Crippen LogP) is 3.50. The van der Waals surface area contributed by atoms with Crippen molar-refractivity contribution in [2.24, 2.45) is 11.8 Å². The van der Waals surface area contributed by atoms with Gasteiger partial charge < -0.3 is 5.32 Å².